The first-order valence-corrected chi connectivity index (χ1v) is 12.1. The van der Waals surface area contributed by atoms with Gasteiger partial charge in [0, 0.05) is 26.8 Å². The van der Waals surface area contributed by atoms with Gasteiger partial charge in [-0.3, -0.25) is 39.2 Å². The Morgan fingerprint density at radius 2 is 1.71 bits per heavy atom. The van der Waals surface area contributed by atoms with Gasteiger partial charge in [0.05, 0.1) is 22.2 Å². The molecule has 0 radical (unpaired) electrons. The van der Waals surface area contributed by atoms with Crippen molar-refractivity contribution >= 4 is 52.0 Å². The van der Waals surface area contributed by atoms with Gasteiger partial charge in [-0.05, 0) is 6.07 Å². The first-order chi connectivity index (χ1) is 19.9. The Bertz CT molecular complexity index is 1560. The second-order valence-electron chi connectivity index (χ2n) is 8.98. The molecule has 0 aliphatic carbocycles. The van der Waals surface area contributed by atoms with Crippen molar-refractivity contribution in [2.24, 2.45) is 0 Å². The molecule has 222 valence electrons. The van der Waals surface area contributed by atoms with Crippen LogP contribution in [0.3, 0.4) is 0 Å². The van der Waals surface area contributed by atoms with Crippen molar-refractivity contribution in [2.45, 2.75) is 51.4 Å². The molecular formula is C23H24N8O11. The van der Waals surface area contributed by atoms with Gasteiger partial charge in [0.1, 0.15) is 36.3 Å². The van der Waals surface area contributed by atoms with E-state index in [0.717, 1.165) is 45.3 Å². The number of nitrogen functional groups attached to an aromatic ring is 1. The Morgan fingerprint density at radius 3 is 2.33 bits per heavy atom. The predicted octanol–water partition coefficient (Wildman–Crippen LogP) is 1.03. The summed E-state index contributed by atoms with van der Waals surface area (Å²) in [7, 11) is 0. The van der Waals surface area contributed by atoms with Crippen molar-refractivity contribution in [3.8, 4) is 0 Å². The van der Waals surface area contributed by atoms with Gasteiger partial charge in [-0.2, -0.15) is 0 Å². The van der Waals surface area contributed by atoms with E-state index < -0.39 is 76.3 Å². The van der Waals surface area contributed by atoms with Gasteiger partial charge < -0.3 is 30.0 Å². The Labute approximate surface area is 235 Å². The van der Waals surface area contributed by atoms with Crippen LogP contribution in [-0.2, 0) is 33.3 Å². The number of fused-ring (bicyclic) bond motifs is 1. The number of non-ortho nitro benzene ring substituents is 1. The molecule has 3 heterocycles. The number of carbonyl (C=O) groups excluding carboxylic acids is 3. The van der Waals surface area contributed by atoms with Crippen LogP contribution in [-0.4, -0.2) is 78.2 Å². The maximum absolute atomic E-state index is 12.3. The van der Waals surface area contributed by atoms with E-state index in [1.165, 1.54) is 10.9 Å². The number of nitrogens with two attached hydrogens (primary N) is 1. The van der Waals surface area contributed by atoms with Gasteiger partial charge >= 0.3 is 17.9 Å². The van der Waals surface area contributed by atoms with E-state index >= 15 is 0 Å². The summed E-state index contributed by atoms with van der Waals surface area (Å²) in [5.74, 6) is -2.29. The third kappa shape index (κ3) is 6.14. The van der Waals surface area contributed by atoms with Crippen molar-refractivity contribution in [1.82, 2.24) is 19.5 Å². The molecule has 42 heavy (non-hydrogen) atoms. The van der Waals surface area contributed by atoms with Crippen LogP contribution in [0, 0.1) is 20.2 Å². The molecule has 5 atom stereocenters. The topological polar surface area (TPSA) is 256 Å². The fraction of sp³-hybridized carbons (Fsp3) is 0.391. The van der Waals surface area contributed by atoms with Crippen LogP contribution >= 0.6 is 0 Å². The minimum atomic E-state index is -1.43. The van der Waals surface area contributed by atoms with Gasteiger partial charge in [0.2, 0.25) is 0 Å². The Morgan fingerprint density at radius 1 is 1.02 bits per heavy atom. The summed E-state index contributed by atoms with van der Waals surface area (Å²) in [5.41, 5.74) is 4.80. The number of ether oxygens (including phenoxy) is 4. The number of carbonyl (C=O) groups is 3. The lowest BCUT2D eigenvalue weighted by atomic mass is 9.94. The number of hydrogen-bond donors (Lipinski definition) is 2. The molecular weight excluding hydrogens is 564 g/mol. The Kier molecular flexibility index (Phi) is 8.41. The molecule has 0 unspecified atom stereocenters. The molecule has 2 aromatic heterocycles. The van der Waals surface area contributed by atoms with Crippen molar-refractivity contribution in [3.63, 3.8) is 0 Å². The fourth-order valence-corrected chi connectivity index (χ4v) is 4.45. The Hall–Kier alpha value is -5.46. The lowest BCUT2D eigenvalue weighted by molar-refractivity contribution is -0.393. The van der Waals surface area contributed by atoms with Crippen LogP contribution in [0.5, 0.6) is 0 Å². The van der Waals surface area contributed by atoms with Crippen LogP contribution < -0.4 is 11.1 Å². The van der Waals surface area contributed by atoms with E-state index in [9.17, 15) is 34.6 Å². The SMILES string of the molecule is CC(=O)OC[C@H]1O[C@H](n2cnc3c(N)ncnc32)[C@H](Nc2ccc([N+](=O)[O-])cc2[N+](=O)[O-])[C@@H](OC(C)=O)[C@@H]1OC(C)=O. The van der Waals surface area contributed by atoms with Gasteiger partial charge in [0.15, 0.2) is 29.9 Å². The lowest BCUT2D eigenvalue weighted by Gasteiger charge is -2.45. The Balaban J connectivity index is 1.91. The highest BCUT2D eigenvalue weighted by Gasteiger charge is 2.52. The average molecular weight is 588 g/mol. The minimum Gasteiger partial charge on any atom is -0.463 e. The zero-order valence-electron chi connectivity index (χ0n) is 22.2. The molecule has 0 spiro atoms. The molecule has 3 N–H and O–H groups in total. The second kappa shape index (κ2) is 12.0. The highest BCUT2D eigenvalue weighted by atomic mass is 16.6. The summed E-state index contributed by atoms with van der Waals surface area (Å²) in [4.78, 5) is 69.9. The fourth-order valence-electron chi connectivity index (χ4n) is 4.45. The number of anilines is 2. The summed E-state index contributed by atoms with van der Waals surface area (Å²) in [5, 5.41) is 26.0. The van der Waals surface area contributed by atoms with E-state index in [1.807, 2.05) is 0 Å². The number of rotatable bonds is 9. The maximum Gasteiger partial charge on any atom is 0.303 e. The summed E-state index contributed by atoms with van der Waals surface area (Å²) >= 11 is 0. The maximum atomic E-state index is 12.3. The smallest absolute Gasteiger partial charge is 0.303 e. The molecule has 3 aromatic rings. The van der Waals surface area contributed by atoms with E-state index in [2.05, 4.69) is 20.3 Å². The van der Waals surface area contributed by atoms with Gasteiger partial charge in [-0.1, -0.05) is 0 Å². The van der Waals surface area contributed by atoms with Crippen LogP contribution in [0.2, 0.25) is 0 Å². The van der Waals surface area contributed by atoms with E-state index in [0.29, 0.717) is 0 Å². The molecule has 1 aliphatic rings. The number of nitrogens with one attached hydrogen (secondary N) is 1. The van der Waals surface area contributed by atoms with Crippen molar-refractivity contribution in [2.75, 3.05) is 17.7 Å². The molecule has 1 aliphatic heterocycles. The van der Waals surface area contributed by atoms with Gasteiger partial charge in [-0.25, -0.2) is 15.0 Å². The largest absolute Gasteiger partial charge is 0.463 e. The van der Waals surface area contributed by atoms with Crippen LogP contribution in [0.15, 0.2) is 30.9 Å². The van der Waals surface area contributed by atoms with Gasteiger partial charge in [0.25, 0.3) is 11.4 Å². The summed E-state index contributed by atoms with van der Waals surface area (Å²) in [6.45, 7) is 2.87. The molecule has 1 aromatic carbocycles. The predicted molar refractivity (Wildman–Crippen MR) is 139 cm³/mol. The van der Waals surface area contributed by atoms with Crippen molar-refractivity contribution in [3.05, 3.63) is 51.1 Å². The molecule has 0 bridgehead atoms. The molecule has 4 rings (SSSR count). The van der Waals surface area contributed by atoms with E-state index in [-0.39, 0.29) is 22.7 Å². The normalized spacial score (nSPS) is 21.7. The molecule has 19 nitrogen and oxygen atoms in total. The van der Waals surface area contributed by atoms with Gasteiger partial charge in [-0.15, -0.1) is 0 Å². The first-order valence-electron chi connectivity index (χ1n) is 12.1. The average Bonchev–Trinajstić information content (AvgIpc) is 3.34. The lowest BCUT2D eigenvalue weighted by Crippen LogP contribution is -2.61. The molecule has 19 heteroatoms. The molecule has 1 fully saturated rings. The number of esters is 3. The molecule has 0 amide bonds. The minimum absolute atomic E-state index is 0.0239. The zero-order valence-corrected chi connectivity index (χ0v) is 22.2. The third-order valence-electron chi connectivity index (χ3n) is 6.09. The number of aromatic nitrogens is 4. The number of nitro benzene ring substituents is 2. The van der Waals surface area contributed by atoms with Crippen LogP contribution in [0.1, 0.15) is 27.0 Å². The summed E-state index contributed by atoms with van der Waals surface area (Å²) in [6, 6.07) is 1.56. The number of benzene rings is 1. The highest BCUT2D eigenvalue weighted by Crippen LogP contribution is 2.38. The third-order valence-corrected chi connectivity index (χ3v) is 6.09. The number of nitrogens with zero attached hydrogens (tertiary/aromatic N) is 6. The number of hydrogen-bond acceptors (Lipinski definition) is 16. The number of imidazole rings is 1. The molecule has 0 saturated carbocycles. The zero-order chi connectivity index (χ0) is 30.7. The number of nitro groups is 2. The summed E-state index contributed by atoms with van der Waals surface area (Å²) in [6.07, 6.45) is -2.92. The highest BCUT2D eigenvalue weighted by molar-refractivity contribution is 5.81. The first kappa shape index (κ1) is 29.5. The summed E-state index contributed by atoms with van der Waals surface area (Å²) < 4.78 is 23.8. The van der Waals surface area contributed by atoms with Crippen LogP contribution in [0.4, 0.5) is 22.9 Å². The van der Waals surface area contributed by atoms with E-state index in [1.54, 1.807) is 0 Å². The second-order valence-corrected chi connectivity index (χ2v) is 8.98. The van der Waals surface area contributed by atoms with Crippen molar-refractivity contribution < 1.29 is 43.2 Å². The standard InChI is InChI=1S/C23H24N8O11/c1-10(32)39-7-16-19(40-11(2)33)20(41-12(3)34)17(28-14-5-4-13(30(35)36)6-15(14)31(37)38)23(42-16)29-9-27-18-21(24)25-8-26-22(18)29/h4-6,8-9,16-17,19-20,23,28H,7H2,1-3H3,(H2,24,25,26)/t16-,17-,19-,20-,23+/m1/s1. The monoisotopic (exact) mass is 588 g/mol. The quantitative estimate of drug-likeness (QED) is 0.153. The molecule has 1 saturated heterocycles. The van der Waals surface area contributed by atoms with Crippen molar-refractivity contribution in [1.29, 1.82) is 0 Å². The van der Waals surface area contributed by atoms with E-state index in [4.69, 9.17) is 24.7 Å². The van der Waals surface area contributed by atoms with Crippen LogP contribution in [0.25, 0.3) is 11.2 Å².